The lowest BCUT2D eigenvalue weighted by molar-refractivity contribution is -0.139. The topological polar surface area (TPSA) is 49.3 Å². The molecule has 0 bridgehead atoms. The third kappa shape index (κ3) is 2.67. The van der Waals surface area contributed by atoms with Gasteiger partial charge in [-0.3, -0.25) is 10.1 Å². The molecule has 2 N–H and O–H groups in total. The van der Waals surface area contributed by atoms with Crippen LogP contribution in [0.25, 0.3) is 0 Å². The van der Waals surface area contributed by atoms with Crippen molar-refractivity contribution in [3.63, 3.8) is 0 Å². The normalized spacial score (nSPS) is 20.6. The lowest BCUT2D eigenvalue weighted by Gasteiger charge is -2.28. The number of carboxylic acid groups (broad SMARTS) is 1. The number of nitrogens with one attached hydrogen (secondary N) is 1. The van der Waals surface area contributed by atoms with Crippen LogP contribution in [-0.4, -0.2) is 17.1 Å². The van der Waals surface area contributed by atoms with Crippen LogP contribution in [0.5, 0.6) is 0 Å². The fourth-order valence-corrected chi connectivity index (χ4v) is 2.53. The lowest BCUT2D eigenvalue weighted by atomic mass is 9.87. The molecular formula is C14H19NO2. The molecule has 17 heavy (non-hydrogen) atoms. The Bertz CT molecular complexity index is 403. The minimum atomic E-state index is -0.754. The van der Waals surface area contributed by atoms with Crippen molar-refractivity contribution in [1.82, 2.24) is 5.32 Å². The molecule has 3 nitrogen and oxygen atoms in total. The van der Waals surface area contributed by atoms with E-state index >= 15 is 0 Å². The smallest absolute Gasteiger partial charge is 0.320 e. The summed E-state index contributed by atoms with van der Waals surface area (Å²) in [7, 11) is 0. The van der Waals surface area contributed by atoms with Crippen molar-refractivity contribution in [2.24, 2.45) is 0 Å². The summed E-state index contributed by atoms with van der Waals surface area (Å²) in [6.07, 6.45) is 3.89. The molecule has 2 atom stereocenters. The highest BCUT2D eigenvalue weighted by atomic mass is 16.4. The van der Waals surface area contributed by atoms with Crippen LogP contribution < -0.4 is 5.32 Å². The zero-order valence-corrected chi connectivity index (χ0v) is 10.1. The maximum Gasteiger partial charge on any atom is 0.320 e. The van der Waals surface area contributed by atoms with Crippen molar-refractivity contribution in [2.75, 3.05) is 0 Å². The zero-order valence-electron chi connectivity index (χ0n) is 10.1. The molecule has 2 unspecified atom stereocenters. The van der Waals surface area contributed by atoms with Crippen molar-refractivity contribution >= 4 is 5.97 Å². The van der Waals surface area contributed by atoms with E-state index in [-0.39, 0.29) is 6.04 Å². The van der Waals surface area contributed by atoms with Gasteiger partial charge in [0.15, 0.2) is 0 Å². The highest BCUT2D eigenvalue weighted by molar-refractivity contribution is 5.73. The second kappa shape index (κ2) is 5.32. The van der Waals surface area contributed by atoms with Crippen LogP contribution in [0.1, 0.15) is 43.4 Å². The fourth-order valence-electron chi connectivity index (χ4n) is 2.53. The maximum absolute atomic E-state index is 11.1. The Morgan fingerprint density at radius 2 is 2.29 bits per heavy atom. The minimum absolute atomic E-state index is 0.195. The number of fused-ring (bicyclic) bond motifs is 1. The highest BCUT2D eigenvalue weighted by Gasteiger charge is 2.24. The third-order valence-corrected chi connectivity index (χ3v) is 3.48. The fraction of sp³-hybridized carbons (Fsp3) is 0.500. The van der Waals surface area contributed by atoms with E-state index in [1.165, 1.54) is 11.1 Å². The number of carboxylic acids is 1. The summed E-state index contributed by atoms with van der Waals surface area (Å²) in [6, 6.07) is 8.09. The highest BCUT2D eigenvalue weighted by Crippen LogP contribution is 2.29. The van der Waals surface area contributed by atoms with Crippen LogP contribution in [-0.2, 0) is 11.2 Å². The van der Waals surface area contributed by atoms with Crippen LogP contribution >= 0.6 is 0 Å². The van der Waals surface area contributed by atoms with Gasteiger partial charge in [-0.2, -0.15) is 0 Å². The molecule has 0 radical (unpaired) electrons. The van der Waals surface area contributed by atoms with E-state index in [4.69, 9.17) is 5.11 Å². The Kier molecular flexibility index (Phi) is 3.79. The van der Waals surface area contributed by atoms with Crippen LogP contribution in [0.2, 0.25) is 0 Å². The van der Waals surface area contributed by atoms with Crippen molar-refractivity contribution < 1.29 is 9.90 Å². The van der Waals surface area contributed by atoms with E-state index in [0.29, 0.717) is 6.42 Å². The molecule has 1 aliphatic rings. The number of rotatable bonds is 4. The SMILES string of the molecule is CCC(NC1CCCc2ccccc21)C(=O)O. The first-order valence-electron chi connectivity index (χ1n) is 6.29. The molecule has 92 valence electrons. The van der Waals surface area contributed by atoms with Crippen LogP contribution in [0, 0.1) is 0 Å². The molecule has 1 aromatic carbocycles. The molecule has 1 aliphatic carbocycles. The third-order valence-electron chi connectivity index (χ3n) is 3.48. The predicted molar refractivity (Wildman–Crippen MR) is 67.0 cm³/mol. The number of aliphatic carboxylic acids is 1. The van der Waals surface area contributed by atoms with Crippen molar-refractivity contribution in [3.05, 3.63) is 35.4 Å². The van der Waals surface area contributed by atoms with Gasteiger partial charge in [-0.05, 0) is 36.8 Å². The Labute approximate surface area is 102 Å². The number of hydrogen-bond donors (Lipinski definition) is 2. The van der Waals surface area contributed by atoms with Gasteiger partial charge < -0.3 is 5.11 Å². The summed E-state index contributed by atoms with van der Waals surface area (Å²) in [5.41, 5.74) is 2.63. The van der Waals surface area contributed by atoms with Gasteiger partial charge in [0.1, 0.15) is 6.04 Å². The van der Waals surface area contributed by atoms with Crippen molar-refractivity contribution in [2.45, 2.75) is 44.7 Å². The predicted octanol–water partition coefficient (Wildman–Crippen LogP) is 2.52. The minimum Gasteiger partial charge on any atom is -0.480 e. The molecule has 0 saturated heterocycles. The van der Waals surface area contributed by atoms with Crippen LogP contribution in [0.4, 0.5) is 0 Å². The Morgan fingerprint density at radius 1 is 1.53 bits per heavy atom. The lowest BCUT2D eigenvalue weighted by Crippen LogP contribution is -2.39. The van der Waals surface area contributed by atoms with Crippen LogP contribution in [0.3, 0.4) is 0 Å². The van der Waals surface area contributed by atoms with E-state index in [9.17, 15) is 4.79 Å². The van der Waals surface area contributed by atoms with Gasteiger partial charge >= 0.3 is 5.97 Å². The summed E-state index contributed by atoms with van der Waals surface area (Å²) >= 11 is 0. The van der Waals surface area contributed by atoms with E-state index in [1.54, 1.807) is 0 Å². The van der Waals surface area contributed by atoms with Crippen molar-refractivity contribution in [1.29, 1.82) is 0 Å². The summed E-state index contributed by atoms with van der Waals surface area (Å²) < 4.78 is 0. The quantitative estimate of drug-likeness (QED) is 0.840. The van der Waals surface area contributed by atoms with E-state index in [0.717, 1.165) is 19.3 Å². The van der Waals surface area contributed by atoms with E-state index in [2.05, 4.69) is 23.5 Å². The average molecular weight is 233 g/mol. The maximum atomic E-state index is 11.1. The number of hydrogen-bond acceptors (Lipinski definition) is 2. The van der Waals surface area contributed by atoms with Gasteiger partial charge in [-0.25, -0.2) is 0 Å². The molecule has 1 aromatic rings. The largest absolute Gasteiger partial charge is 0.480 e. The number of carbonyl (C=O) groups is 1. The van der Waals surface area contributed by atoms with Crippen LogP contribution in [0.15, 0.2) is 24.3 Å². The standard InChI is InChI=1S/C14H19NO2/c1-2-12(14(16)17)15-13-9-5-7-10-6-3-4-8-11(10)13/h3-4,6,8,12-13,15H,2,5,7,9H2,1H3,(H,16,17). The summed E-state index contributed by atoms with van der Waals surface area (Å²) in [5.74, 6) is -0.754. The van der Waals surface area contributed by atoms with E-state index in [1.807, 2.05) is 13.0 Å². The first-order valence-corrected chi connectivity index (χ1v) is 6.29. The number of aryl methyl sites for hydroxylation is 1. The molecule has 0 aliphatic heterocycles. The first-order chi connectivity index (χ1) is 8.22. The number of benzene rings is 1. The second-order valence-corrected chi connectivity index (χ2v) is 4.61. The van der Waals surface area contributed by atoms with Gasteiger partial charge in [-0.1, -0.05) is 31.2 Å². The average Bonchev–Trinajstić information content (AvgIpc) is 2.35. The Morgan fingerprint density at radius 3 is 3.00 bits per heavy atom. The molecule has 3 heteroatoms. The first kappa shape index (κ1) is 12.1. The summed E-state index contributed by atoms with van der Waals surface area (Å²) in [4.78, 5) is 11.1. The second-order valence-electron chi connectivity index (χ2n) is 4.61. The van der Waals surface area contributed by atoms with Crippen molar-refractivity contribution in [3.8, 4) is 0 Å². The summed E-state index contributed by atoms with van der Waals surface area (Å²) in [6.45, 7) is 1.90. The molecule has 0 aromatic heterocycles. The molecule has 2 rings (SSSR count). The molecule has 0 amide bonds. The Balaban J connectivity index is 2.15. The molecular weight excluding hydrogens is 214 g/mol. The van der Waals surface area contributed by atoms with Gasteiger partial charge in [0, 0.05) is 6.04 Å². The molecule has 0 spiro atoms. The van der Waals surface area contributed by atoms with Gasteiger partial charge in [-0.15, -0.1) is 0 Å². The molecule has 0 heterocycles. The van der Waals surface area contributed by atoms with Gasteiger partial charge in [0.05, 0.1) is 0 Å². The summed E-state index contributed by atoms with van der Waals surface area (Å²) in [5, 5.41) is 12.4. The molecule has 0 saturated carbocycles. The zero-order chi connectivity index (χ0) is 12.3. The Hall–Kier alpha value is -1.35. The monoisotopic (exact) mass is 233 g/mol. The van der Waals surface area contributed by atoms with Gasteiger partial charge in [0.25, 0.3) is 0 Å². The van der Waals surface area contributed by atoms with E-state index < -0.39 is 12.0 Å². The molecule has 0 fully saturated rings. The van der Waals surface area contributed by atoms with Gasteiger partial charge in [0.2, 0.25) is 0 Å².